The van der Waals surface area contributed by atoms with Crippen molar-refractivity contribution in [3.05, 3.63) is 70.1 Å². The minimum atomic E-state index is -1.37. The maximum atomic E-state index is 13.6. The Morgan fingerprint density at radius 1 is 1.04 bits per heavy atom. The molecule has 0 saturated heterocycles. The summed E-state index contributed by atoms with van der Waals surface area (Å²) in [7, 11) is 1.55. The first-order valence-electron chi connectivity index (χ1n) is 8.35. The predicted molar refractivity (Wildman–Crippen MR) is 108 cm³/mol. The van der Waals surface area contributed by atoms with Crippen LogP contribution in [0.15, 0.2) is 54.6 Å². The molecule has 1 aliphatic rings. The van der Waals surface area contributed by atoms with Gasteiger partial charge >= 0.3 is 0 Å². The number of rotatable bonds is 3. The molecule has 0 spiro atoms. The van der Waals surface area contributed by atoms with Crippen LogP contribution in [0, 0.1) is 0 Å². The molecule has 0 bridgehead atoms. The molecule has 6 heteroatoms. The number of carbonyl (C=O) groups is 2. The summed E-state index contributed by atoms with van der Waals surface area (Å²) in [6.45, 7) is 1.64. The summed E-state index contributed by atoms with van der Waals surface area (Å²) in [5.74, 6) is -0.0472. The molecule has 0 radical (unpaired) electrons. The van der Waals surface area contributed by atoms with E-state index in [1.165, 1.54) is 11.3 Å². The van der Waals surface area contributed by atoms with E-state index in [0.29, 0.717) is 31.8 Å². The molecule has 27 heavy (non-hydrogen) atoms. The van der Waals surface area contributed by atoms with Crippen molar-refractivity contribution in [2.24, 2.45) is 0 Å². The minimum absolute atomic E-state index is 0.267. The fourth-order valence-corrected chi connectivity index (χ4v) is 4.73. The number of hydrogen-bond acceptors (Lipinski definition) is 4. The Hall–Kier alpha value is -2.63. The van der Waals surface area contributed by atoms with E-state index in [1.54, 1.807) is 38.3 Å². The van der Waals surface area contributed by atoms with Crippen LogP contribution in [0.1, 0.15) is 22.8 Å². The number of hydrogen-bond donors (Lipinski definition) is 1. The molecule has 2 aromatic carbocycles. The molecule has 4 rings (SSSR count). The van der Waals surface area contributed by atoms with Gasteiger partial charge in [-0.25, -0.2) is 0 Å². The van der Waals surface area contributed by atoms with Crippen molar-refractivity contribution in [3.8, 4) is 16.9 Å². The van der Waals surface area contributed by atoms with Gasteiger partial charge < -0.3 is 10.1 Å². The number of thiophene rings is 1. The molecule has 0 fully saturated rings. The van der Waals surface area contributed by atoms with E-state index in [1.807, 2.05) is 30.3 Å². The maximum Gasteiger partial charge on any atom is 0.243 e. The molecular formula is C21H16ClNO3S. The van der Waals surface area contributed by atoms with E-state index in [4.69, 9.17) is 16.3 Å². The van der Waals surface area contributed by atoms with Gasteiger partial charge in [0, 0.05) is 5.56 Å². The first-order chi connectivity index (χ1) is 13.0. The molecule has 136 valence electrons. The first-order valence-corrected chi connectivity index (χ1v) is 9.54. The Balaban J connectivity index is 1.92. The summed E-state index contributed by atoms with van der Waals surface area (Å²) in [4.78, 5) is 26.5. The fourth-order valence-electron chi connectivity index (χ4n) is 3.35. The SMILES string of the molecule is COc1cccc(C2(C)C(=O)Nc3sc(Cl)c(-c4ccccc4)c3C2=O)c1. The number of Topliss-reactive ketones (excluding diaryl/α,β-unsaturated/α-hetero) is 1. The van der Waals surface area contributed by atoms with Crippen LogP contribution in [0.5, 0.6) is 5.75 Å². The average Bonchev–Trinajstić information content (AvgIpc) is 3.02. The van der Waals surface area contributed by atoms with Gasteiger partial charge in [0.1, 0.15) is 20.5 Å². The number of amides is 1. The largest absolute Gasteiger partial charge is 0.497 e. The van der Waals surface area contributed by atoms with Crippen LogP contribution >= 0.6 is 22.9 Å². The van der Waals surface area contributed by atoms with Crippen LogP contribution in [0.25, 0.3) is 11.1 Å². The molecule has 2 heterocycles. The Bertz CT molecular complexity index is 1060. The summed E-state index contributed by atoms with van der Waals surface area (Å²) < 4.78 is 5.75. The molecule has 4 nitrogen and oxygen atoms in total. The molecule has 1 aromatic heterocycles. The molecule has 3 aromatic rings. The standard InChI is InChI=1S/C21H16ClNO3S/c1-21(13-9-6-10-14(11-13)26-2)17(24)16-15(12-7-4-3-5-8-12)18(22)27-19(16)23-20(21)25/h3-11H,1-2H3,(H,23,25). The van der Waals surface area contributed by atoms with Gasteiger partial charge in [-0.05, 0) is 30.2 Å². The number of ketones is 1. The van der Waals surface area contributed by atoms with Crippen molar-refractivity contribution in [3.63, 3.8) is 0 Å². The summed E-state index contributed by atoms with van der Waals surface area (Å²) in [5.41, 5.74) is 1.18. The molecule has 0 aliphatic carbocycles. The van der Waals surface area contributed by atoms with Gasteiger partial charge in [-0.2, -0.15) is 0 Å². The second-order valence-corrected chi connectivity index (χ2v) is 8.08. The zero-order valence-electron chi connectivity index (χ0n) is 14.7. The molecule has 0 saturated carbocycles. The van der Waals surface area contributed by atoms with Crippen LogP contribution in [-0.2, 0) is 10.2 Å². The minimum Gasteiger partial charge on any atom is -0.497 e. The quantitative estimate of drug-likeness (QED) is 0.620. The number of anilines is 1. The summed E-state index contributed by atoms with van der Waals surface area (Å²) in [6.07, 6.45) is 0. The number of ether oxygens (including phenoxy) is 1. The van der Waals surface area contributed by atoms with Crippen molar-refractivity contribution in [2.45, 2.75) is 12.3 Å². The van der Waals surface area contributed by atoms with E-state index in [9.17, 15) is 9.59 Å². The lowest BCUT2D eigenvalue weighted by Gasteiger charge is -2.32. The van der Waals surface area contributed by atoms with E-state index in [0.717, 1.165) is 5.56 Å². The van der Waals surface area contributed by atoms with Gasteiger partial charge in [0.25, 0.3) is 0 Å². The number of halogens is 1. The number of nitrogens with one attached hydrogen (secondary N) is 1. The van der Waals surface area contributed by atoms with Crippen molar-refractivity contribution in [1.29, 1.82) is 0 Å². The normalized spacial score (nSPS) is 18.8. The third-order valence-corrected chi connectivity index (χ3v) is 6.25. The van der Waals surface area contributed by atoms with Gasteiger partial charge in [0.15, 0.2) is 5.78 Å². The fraction of sp³-hybridized carbons (Fsp3) is 0.143. The molecule has 1 N–H and O–H groups in total. The van der Waals surface area contributed by atoms with E-state index < -0.39 is 5.41 Å². The molecule has 1 unspecified atom stereocenters. The van der Waals surface area contributed by atoms with E-state index in [-0.39, 0.29) is 11.7 Å². The first kappa shape index (κ1) is 17.8. The van der Waals surface area contributed by atoms with Crippen LogP contribution in [-0.4, -0.2) is 18.8 Å². The monoisotopic (exact) mass is 397 g/mol. The average molecular weight is 398 g/mol. The van der Waals surface area contributed by atoms with Gasteiger partial charge in [0.2, 0.25) is 5.91 Å². The highest BCUT2D eigenvalue weighted by Gasteiger charge is 2.49. The molecule has 1 amide bonds. The van der Waals surface area contributed by atoms with Crippen LogP contribution in [0.3, 0.4) is 0 Å². The molecule has 1 atom stereocenters. The second-order valence-electron chi connectivity index (χ2n) is 6.46. The van der Waals surface area contributed by atoms with E-state index >= 15 is 0 Å². The van der Waals surface area contributed by atoms with Gasteiger partial charge in [-0.1, -0.05) is 54.1 Å². The Morgan fingerprint density at radius 3 is 2.48 bits per heavy atom. The summed E-state index contributed by atoms with van der Waals surface area (Å²) in [5, 5.41) is 3.38. The van der Waals surface area contributed by atoms with Crippen LogP contribution < -0.4 is 10.1 Å². The highest BCUT2D eigenvalue weighted by Crippen LogP contribution is 2.49. The van der Waals surface area contributed by atoms with Crippen molar-refractivity contribution in [1.82, 2.24) is 0 Å². The molecular weight excluding hydrogens is 382 g/mol. The zero-order valence-corrected chi connectivity index (χ0v) is 16.3. The third-order valence-electron chi connectivity index (χ3n) is 4.94. The molecule has 1 aliphatic heterocycles. The topological polar surface area (TPSA) is 55.4 Å². The predicted octanol–water partition coefficient (Wildman–Crippen LogP) is 5.17. The lowest BCUT2D eigenvalue weighted by molar-refractivity contribution is -0.119. The van der Waals surface area contributed by atoms with Gasteiger partial charge in [-0.3, -0.25) is 9.59 Å². The third kappa shape index (κ3) is 2.66. The van der Waals surface area contributed by atoms with Crippen molar-refractivity contribution < 1.29 is 14.3 Å². The van der Waals surface area contributed by atoms with Crippen molar-refractivity contribution >= 4 is 39.6 Å². The summed E-state index contributed by atoms with van der Waals surface area (Å²) in [6, 6.07) is 16.5. The number of benzene rings is 2. The number of carbonyl (C=O) groups excluding carboxylic acids is 2. The van der Waals surface area contributed by atoms with Crippen LogP contribution in [0.4, 0.5) is 5.00 Å². The maximum absolute atomic E-state index is 13.6. The lowest BCUT2D eigenvalue weighted by Crippen LogP contribution is -2.48. The smallest absolute Gasteiger partial charge is 0.243 e. The van der Waals surface area contributed by atoms with Gasteiger partial charge in [-0.15, -0.1) is 11.3 Å². The Kier molecular flexibility index (Phi) is 4.29. The second kappa shape index (κ2) is 6.51. The zero-order chi connectivity index (χ0) is 19.2. The van der Waals surface area contributed by atoms with E-state index in [2.05, 4.69) is 5.32 Å². The summed E-state index contributed by atoms with van der Waals surface area (Å²) >= 11 is 7.68. The Morgan fingerprint density at radius 2 is 1.78 bits per heavy atom. The van der Waals surface area contributed by atoms with Crippen molar-refractivity contribution in [2.75, 3.05) is 12.4 Å². The highest BCUT2D eigenvalue weighted by molar-refractivity contribution is 7.21. The number of fused-ring (bicyclic) bond motifs is 1. The van der Waals surface area contributed by atoms with Gasteiger partial charge in [0.05, 0.1) is 12.7 Å². The highest BCUT2D eigenvalue weighted by atomic mass is 35.5. The lowest BCUT2D eigenvalue weighted by atomic mass is 9.73. The van der Waals surface area contributed by atoms with Crippen LogP contribution in [0.2, 0.25) is 4.34 Å². The Labute approximate surface area is 165 Å². The number of methoxy groups -OCH3 is 1.